The predicted molar refractivity (Wildman–Crippen MR) is 189 cm³/mol. The molecule has 1 heterocycles. The molecular weight excluding hydrogens is 667 g/mol. The number of urea groups is 1. The molecule has 3 N–H and O–H groups in total. The molecule has 0 saturated heterocycles. The van der Waals surface area contributed by atoms with Crippen molar-refractivity contribution in [2.75, 3.05) is 51.1 Å². The zero-order chi connectivity index (χ0) is 36.4. The van der Waals surface area contributed by atoms with Crippen LogP contribution in [0.25, 0.3) is 0 Å². The highest BCUT2D eigenvalue weighted by atomic mass is 32.2. The first-order chi connectivity index (χ1) is 23.8. The lowest BCUT2D eigenvalue weighted by Gasteiger charge is -2.35. The fourth-order valence-electron chi connectivity index (χ4n) is 5.57. The minimum Gasteiger partial charge on any atom is -0.497 e. The van der Waals surface area contributed by atoms with Crippen molar-refractivity contribution in [3.05, 3.63) is 78.1 Å². The Morgan fingerprint density at radius 2 is 1.72 bits per heavy atom. The number of benzene rings is 3. The summed E-state index contributed by atoms with van der Waals surface area (Å²) in [6.45, 7) is 5.70. The van der Waals surface area contributed by atoms with Crippen LogP contribution in [-0.4, -0.2) is 93.4 Å². The van der Waals surface area contributed by atoms with E-state index in [1.165, 1.54) is 65.8 Å². The maximum atomic E-state index is 14.4. The topological polar surface area (TPSA) is 147 Å². The molecule has 0 fully saturated rings. The van der Waals surface area contributed by atoms with E-state index in [0.29, 0.717) is 42.3 Å². The first-order valence-corrected chi connectivity index (χ1v) is 18.0. The highest BCUT2D eigenvalue weighted by molar-refractivity contribution is 7.89. The number of anilines is 2. The van der Waals surface area contributed by atoms with Gasteiger partial charge in [0.2, 0.25) is 10.0 Å². The lowest BCUT2D eigenvalue weighted by atomic mass is 10.0. The number of rotatable bonds is 9. The number of nitrogens with zero attached hydrogens (tertiary/aromatic N) is 2. The van der Waals surface area contributed by atoms with E-state index in [4.69, 9.17) is 14.2 Å². The molecule has 272 valence electrons. The minimum atomic E-state index is -3.87. The van der Waals surface area contributed by atoms with Gasteiger partial charge in [-0.1, -0.05) is 6.92 Å². The molecule has 1 aliphatic rings. The summed E-state index contributed by atoms with van der Waals surface area (Å²) in [7, 11) is -0.870. The summed E-state index contributed by atoms with van der Waals surface area (Å²) in [6.07, 6.45) is 1.29. The van der Waals surface area contributed by atoms with Gasteiger partial charge in [0.05, 0.1) is 42.4 Å². The molecule has 3 amide bonds. The number of carbonyl (C=O) groups is 2. The van der Waals surface area contributed by atoms with Crippen molar-refractivity contribution in [1.82, 2.24) is 9.21 Å². The third kappa shape index (κ3) is 10.2. The SMILES string of the molecule is COc1ccc(S(=O)(=O)N(C)C[C@H]2OCCCC[C@@H](C)Oc3ccc(NC(=O)Nc4ccc(F)cc4)cc3C(=O)N([C@@H](C)CO)C[C@@H]2C)cc1. The molecule has 0 saturated carbocycles. The summed E-state index contributed by atoms with van der Waals surface area (Å²) in [5.74, 6) is -0.386. The average Bonchev–Trinajstić information content (AvgIpc) is 3.10. The Hall–Kier alpha value is -4.24. The molecule has 4 rings (SSSR count). The number of hydrogen-bond acceptors (Lipinski definition) is 8. The molecule has 3 aromatic rings. The second-order valence-electron chi connectivity index (χ2n) is 12.6. The normalized spacial score (nSPS) is 19.9. The number of nitrogens with one attached hydrogen (secondary N) is 2. The van der Waals surface area contributed by atoms with Crippen LogP contribution in [0.15, 0.2) is 71.6 Å². The number of fused-ring (bicyclic) bond motifs is 1. The van der Waals surface area contributed by atoms with Crippen molar-refractivity contribution in [3.8, 4) is 11.5 Å². The molecule has 0 unspecified atom stereocenters. The van der Waals surface area contributed by atoms with E-state index < -0.39 is 39.9 Å². The molecule has 50 heavy (non-hydrogen) atoms. The smallest absolute Gasteiger partial charge is 0.323 e. The second-order valence-corrected chi connectivity index (χ2v) is 14.6. The van der Waals surface area contributed by atoms with E-state index in [-0.39, 0.29) is 42.2 Å². The van der Waals surface area contributed by atoms with Gasteiger partial charge in [-0.05, 0) is 99.8 Å². The van der Waals surface area contributed by atoms with E-state index in [1.807, 2.05) is 13.8 Å². The fraction of sp³-hybridized carbons (Fsp3) is 0.444. The number of aliphatic hydroxyl groups is 1. The Morgan fingerprint density at radius 3 is 2.38 bits per heavy atom. The largest absolute Gasteiger partial charge is 0.497 e. The molecule has 14 heteroatoms. The van der Waals surface area contributed by atoms with Crippen LogP contribution in [0.5, 0.6) is 11.5 Å². The molecule has 0 bridgehead atoms. The van der Waals surface area contributed by atoms with Gasteiger partial charge in [-0.3, -0.25) is 4.79 Å². The van der Waals surface area contributed by atoms with Gasteiger partial charge in [-0.25, -0.2) is 17.6 Å². The molecule has 0 aromatic heterocycles. The summed E-state index contributed by atoms with van der Waals surface area (Å²) in [5.41, 5.74) is 0.870. The van der Waals surface area contributed by atoms with Gasteiger partial charge in [0, 0.05) is 44.0 Å². The standard InChI is InChI=1S/C36H47FN4O8S/c1-24-21-41(25(2)23-42)35(43)32-20-29(39-36(44)38-28-11-9-27(37)10-12-28)13-18-33(32)49-26(3)8-6-7-19-48-34(24)22-40(4)50(45,46)31-16-14-30(47-5)15-17-31/h9-18,20,24-26,34,42H,6-8,19,21-23H2,1-5H3,(H2,38,39,44)/t24-,25-,26+,34+/m0/s1. The Morgan fingerprint density at radius 1 is 1.06 bits per heavy atom. The van der Waals surface area contributed by atoms with Crippen LogP contribution in [0, 0.1) is 11.7 Å². The van der Waals surface area contributed by atoms with Crippen LogP contribution in [0.1, 0.15) is 50.4 Å². The van der Waals surface area contributed by atoms with Crippen molar-refractivity contribution in [2.45, 2.75) is 63.2 Å². The average molecular weight is 715 g/mol. The van der Waals surface area contributed by atoms with Crippen LogP contribution in [0.3, 0.4) is 0 Å². The summed E-state index contributed by atoms with van der Waals surface area (Å²) >= 11 is 0. The van der Waals surface area contributed by atoms with E-state index in [1.54, 1.807) is 31.2 Å². The minimum absolute atomic E-state index is 0.0262. The van der Waals surface area contributed by atoms with Crippen molar-refractivity contribution >= 4 is 33.3 Å². The van der Waals surface area contributed by atoms with Crippen molar-refractivity contribution in [3.63, 3.8) is 0 Å². The molecule has 1 aliphatic heterocycles. The van der Waals surface area contributed by atoms with Gasteiger partial charge in [0.15, 0.2) is 0 Å². The lowest BCUT2D eigenvalue weighted by Crippen LogP contribution is -2.48. The Kier molecular flexibility index (Phi) is 13.6. The molecule has 3 aromatic carbocycles. The first kappa shape index (κ1) is 38.6. The first-order valence-electron chi connectivity index (χ1n) is 16.6. The van der Waals surface area contributed by atoms with Crippen LogP contribution >= 0.6 is 0 Å². The van der Waals surface area contributed by atoms with Gasteiger partial charge in [-0.15, -0.1) is 0 Å². The fourth-order valence-corrected chi connectivity index (χ4v) is 6.75. The Labute approximate surface area is 293 Å². The number of ether oxygens (including phenoxy) is 3. The number of aliphatic hydroxyl groups excluding tert-OH is 1. The number of carbonyl (C=O) groups excluding carboxylic acids is 2. The lowest BCUT2D eigenvalue weighted by molar-refractivity contribution is -0.00834. The molecule has 0 aliphatic carbocycles. The number of methoxy groups -OCH3 is 1. The highest BCUT2D eigenvalue weighted by Crippen LogP contribution is 2.29. The van der Waals surface area contributed by atoms with Gasteiger partial charge in [-0.2, -0.15) is 4.31 Å². The zero-order valence-corrected chi connectivity index (χ0v) is 29.9. The highest BCUT2D eigenvalue weighted by Gasteiger charge is 2.32. The summed E-state index contributed by atoms with van der Waals surface area (Å²) in [5, 5.41) is 15.6. The van der Waals surface area contributed by atoms with Gasteiger partial charge < -0.3 is 34.9 Å². The van der Waals surface area contributed by atoms with Crippen molar-refractivity contribution in [2.24, 2.45) is 5.92 Å². The monoisotopic (exact) mass is 714 g/mol. The Bertz CT molecular complexity index is 1690. The van der Waals surface area contributed by atoms with Gasteiger partial charge >= 0.3 is 6.03 Å². The number of likely N-dealkylation sites (N-methyl/N-ethyl adjacent to an activating group) is 1. The number of amides is 3. The second kappa shape index (κ2) is 17.6. The Balaban J connectivity index is 1.61. The van der Waals surface area contributed by atoms with Crippen molar-refractivity contribution < 1.29 is 41.7 Å². The van der Waals surface area contributed by atoms with Crippen LogP contribution < -0.4 is 20.1 Å². The van der Waals surface area contributed by atoms with Gasteiger partial charge in [0.25, 0.3) is 5.91 Å². The number of sulfonamides is 1. The van der Waals surface area contributed by atoms with E-state index >= 15 is 0 Å². The number of hydrogen-bond donors (Lipinski definition) is 3. The molecule has 0 spiro atoms. The van der Waals surface area contributed by atoms with E-state index in [0.717, 1.165) is 6.42 Å². The van der Waals surface area contributed by atoms with Crippen molar-refractivity contribution in [1.29, 1.82) is 0 Å². The quantitative estimate of drug-likeness (QED) is 0.260. The zero-order valence-electron chi connectivity index (χ0n) is 29.1. The third-order valence-electron chi connectivity index (χ3n) is 8.62. The molecule has 12 nitrogen and oxygen atoms in total. The van der Waals surface area contributed by atoms with E-state index in [2.05, 4.69) is 10.6 Å². The summed E-state index contributed by atoms with van der Waals surface area (Å²) < 4.78 is 59.3. The third-order valence-corrected chi connectivity index (χ3v) is 10.5. The van der Waals surface area contributed by atoms with E-state index in [9.17, 15) is 27.5 Å². The molecular formula is C36H47FN4O8S. The molecule has 4 atom stereocenters. The van der Waals surface area contributed by atoms with Gasteiger partial charge in [0.1, 0.15) is 17.3 Å². The summed E-state index contributed by atoms with van der Waals surface area (Å²) in [6, 6.07) is 15.0. The van der Waals surface area contributed by atoms with Crippen LogP contribution in [0.2, 0.25) is 0 Å². The van der Waals surface area contributed by atoms with Crippen LogP contribution in [-0.2, 0) is 14.8 Å². The molecule has 0 radical (unpaired) electrons. The maximum absolute atomic E-state index is 14.4. The summed E-state index contributed by atoms with van der Waals surface area (Å²) in [4.78, 5) is 28.8. The maximum Gasteiger partial charge on any atom is 0.323 e. The predicted octanol–water partition coefficient (Wildman–Crippen LogP) is 5.59. The number of halogens is 1. The van der Waals surface area contributed by atoms with Crippen LogP contribution in [0.4, 0.5) is 20.6 Å².